The summed E-state index contributed by atoms with van der Waals surface area (Å²) in [6.45, 7) is 4.79. The zero-order valence-corrected chi connectivity index (χ0v) is 13.4. The van der Waals surface area contributed by atoms with Crippen molar-refractivity contribution in [1.29, 1.82) is 0 Å². The molecule has 0 saturated carbocycles. The Morgan fingerprint density at radius 3 is 2.74 bits per heavy atom. The van der Waals surface area contributed by atoms with Gasteiger partial charge in [0.25, 0.3) is 0 Å². The van der Waals surface area contributed by atoms with Crippen molar-refractivity contribution in [2.75, 3.05) is 5.32 Å². The first-order chi connectivity index (χ1) is 11.1. The topological polar surface area (TPSA) is 82.6 Å². The molecule has 23 heavy (non-hydrogen) atoms. The molecule has 3 rings (SSSR count). The lowest BCUT2D eigenvalue weighted by molar-refractivity contribution is -0.116. The van der Waals surface area contributed by atoms with E-state index in [0.29, 0.717) is 12.4 Å². The number of carbonyl (C=O) groups excluding carboxylic acids is 1. The molecular weight excluding hydrogens is 294 g/mol. The Balaban J connectivity index is 1.74. The Hall–Kier alpha value is -2.90. The van der Waals surface area contributed by atoms with Crippen LogP contribution >= 0.6 is 0 Å². The molecule has 0 fully saturated rings. The van der Waals surface area contributed by atoms with Crippen molar-refractivity contribution in [1.82, 2.24) is 29.3 Å². The standard InChI is InChI=1S/C15H19N7O/c1-4-22-13(6-8-17-22)18-14(23)10-21-9-11(2)15(19-21)12-5-7-16-20(12)3/h5-9H,4,10H2,1-3H3,(H,18,23). The van der Waals surface area contributed by atoms with Crippen molar-refractivity contribution in [3.05, 3.63) is 36.3 Å². The van der Waals surface area contributed by atoms with Crippen LogP contribution in [0.5, 0.6) is 0 Å². The molecule has 0 aliphatic rings. The van der Waals surface area contributed by atoms with Gasteiger partial charge in [0.05, 0.1) is 11.9 Å². The highest BCUT2D eigenvalue weighted by Crippen LogP contribution is 2.20. The molecule has 0 bridgehead atoms. The van der Waals surface area contributed by atoms with Gasteiger partial charge in [0.2, 0.25) is 5.91 Å². The van der Waals surface area contributed by atoms with Gasteiger partial charge in [-0.1, -0.05) is 0 Å². The summed E-state index contributed by atoms with van der Waals surface area (Å²) in [4.78, 5) is 12.2. The monoisotopic (exact) mass is 313 g/mol. The molecule has 1 N–H and O–H groups in total. The lowest BCUT2D eigenvalue weighted by Gasteiger charge is -2.07. The summed E-state index contributed by atoms with van der Waals surface area (Å²) in [5.41, 5.74) is 2.75. The lowest BCUT2D eigenvalue weighted by Crippen LogP contribution is -2.21. The van der Waals surface area contributed by atoms with E-state index in [4.69, 9.17) is 0 Å². The number of nitrogens with one attached hydrogen (secondary N) is 1. The maximum Gasteiger partial charge on any atom is 0.247 e. The summed E-state index contributed by atoms with van der Waals surface area (Å²) >= 11 is 0. The smallest absolute Gasteiger partial charge is 0.247 e. The minimum absolute atomic E-state index is 0.140. The van der Waals surface area contributed by atoms with Gasteiger partial charge in [-0.3, -0.25) is 14.2 Å². The summed E-state index contributed by atoms with van der Waals surface area (Å²) in [6.07, 6.45) is 5.25. The molecule has 1 amide bonds. The molecule has 0 aliphatic carbocycles. The van der Waals surface area contributed by atoms with Crippen LogP contribution in [0.2, 0.25) is 0 Å². The summed E-state index contributed by atoms with van der Waals surface area (Å²) < 4.78 is 5.13. The molecule has 3 aromatic rings. The molecule has 0 unspecified atom stereocenters. The van der Waals surface area contributed by atoms with E-state index >= 15 is 0 Å². The molecular formula is C15H19N7O. The van der Waals surface area contributed by atoms with Crippen LogP contribution in [0.4, 0.5) is 5.82 Å². The maximum atomic E-state index is 12.2. The van der Waals surface area contributed by atoms with Crippen LogP contribution in [0, 0.1) is 6.92 Å². The zero-order chi connectivity index (χ0) is 16.4. The van der Waals surface area contributed by atoms with Crippen LogP contribution in [-0.2, 0) is 24.9 Å². The number of rotatable bonds is 5. The van der Waals surface area contributed by atoms with Gasteiger partial charge in [-0.15, -0.1) is 0 Å². The molecule has 0 aliphatic heterocycles. The number of amides is 1. The molecule has 8 heteroatoms. The second-order valence-electron chi connectivity index (χ2n) is 5.28. The molecule has 3 aromatic heterocycles. The normalized spacial score (nSPS) is 10.9. The van der Waals surface area contributed by atoms with Crippen LogP contribution < -0.4 is 5.32 Å². The first kappa shape index (κ1) is 15.0. The third kappa shape index (κ3) is 3.01. The summed E-state index contributed by atoms with van der Waals surface area (Å²) in [6, 6.07) is 3.68. The van der Waals surface area contributed by atoms with E-state index in [-0.39, 0.29) is 12.5 Å². The van der Waals surface area contributed by atoms with Crippen LogP contribution in [0.25, 0.3) is 11.4 Å². The Labute approximate surface area is 133 Å². The van der Waals surface area contributed by atoms with E-state index in [2.05, 4.69) is 20.6 Å². The largest absolute Gasteiger partial charge is 0.309 e. The lowest BCUT2D eigenvalue weighted by atomic mass is 10.2. The van der Waals surface area contributed by atoms with Crippen LogP contribution in [0.15, 0.2) is 30.7 Å². The fourth-order valence-corrected chi connectivity index (χ4v) is 2.48. The van der Waals surface area contributed by atoms with Gasteiger partial charge >= 0.3 is 0 Å². The number of hydrogen-bond donors (Lipinski definition) is 1. The first-order valence-corrected chi connectivity index (χ1v) is 7.42. The Morgan fingerprint density at radius 1 is 1.26 bits per heavy atom. The van der Waals surface area contributed by atoms with Gasteiger partial charge in [0.1, 0.15) is 18.1 Å². The van der Waals surface area contributed by atoms with E-state index in [1.165, 1.54) is 0 Å². The minimum atomic E-state index is -0.140. The van der Waals surface area contributed by atoms with E-state index in [1.54, 1.807) is 32.5 Å². The van der Waals surface area contributed by atoms with Crippen molar-refractivity contribution in [2.24, 2.45) is 7.05 Å². The molecule has 8 nitrogen and oxygen atoms in total. The number of aromatic nitrogens is 6. The molecule has 3 heterocycles. The summed E-state index contributed by atoms with van der Waals surface area (Å²) in [5, 5.41) is 15.6. The van der Waals surface area contributed by atoms with Crippen LogP contribution in [-0.4, -0.2) is 35.2 Å². The van der Waals surface area contributed by atoms with Gasteiger partial charge in [-0.2, -0.15) is 15.3 Å². The third-order valence-electron chi connectivity index (χ3n) is 3.60. The Bertz CT molecular complexity index is 827. The number of carbonyl (C=O) groups is 1. The number of aryl methyl sites for hydroxylation is 3. The van der Waals surface area contributed by atoms with Crippen molar-refractivity contribution in [3.8, 4) is 11.4 Å². The molecule has 0 radical (unpaired) electrons. The highest BCUT2D eigenvalue weighted by Gasteiger charge is 2.13. The van der Waals surface area contributed by atoms with Crippen molar-refractivity contribution < 1.29 is 4.79 Å². The number of nitrogens with zero attached hydrogens (tertiary/aromatic N) is 6. The van der Waals surface area contributed by atoms with Gasteiger partial charge < -0.3 is 5.32 Å². The van der Waals surface area contributed by atoms with Crippen molar-refractivity contribution >= 4 is 11.7 Å². The Kier molecular flexibility index (Phi) is 3.96. The summed E-state index contributed by atoms with van der Waals surface area (Å²) in [5.74, 6) is 0.549. The quantitative estimate of drug-likeness (QED) is 0.773. The van der Waals surface area contributed by atoms with E-state index < -0.39 is 0 Å². The first-order valence-electron chi connectivity index (χ1n) is 7.42. The van der Waals surface area contributed by atoms with E-state index in [0.717, 1.165) is 17.0 Å². The molecule has 120 valence electrons. The second kappa shape index (κ2) is 6.07. The molecule has 0 aromatic carbocycles. The summed E-state index contributed by atoms with van der Waals surface area (Å²) in [7, 11) is 1.87. The van der Waals surface area contributed by atoms with Gasteiger partial charge in [-0.25, -0.2) is 4.68 Å². The number of anilines is 1. The van der Waals surface area contributed by atoms with E-state index in [9.17, 15) is 4.79 Å². The highest BCUT2D eigenvalue weighted by atomic mass is 16.2. The average molecular weight is 313 g/mol. The van der Waals surface area contributed by atoms with Crippen LogP contribution in [0.1, 0.15) is 12.5 Å². The molecule has 0 spiro atoms. The third-order valence-corrected chi connectivity index (χ3v) is 3.60. The van der Waals surface area contributed by atoms with Crippen molar-refractivity contribution in [3.63, 3.8) is 0 Å². The van der Waals surface area contributed by atoms with Crippen LogP contribution in [0.3, 0.4) is 0 Å². The average Bonchev–Trinajstić information content (AvgIpc) is 3.20. The minimum Gasteiger partial charge on any atom is -0.309 e. The predicted molar refractivity (Wildman–Crippen MR) is 85.7 cm³/mol. The van der Waals surface area contributed by atoms with Crippen molar-refractivity contribution in [2.45, 2.75) is 26.9 Å². The van der Waals surface area contributed by atoms with E-state index in [1.807, 2.05) is 33.2 Å². The van der Waals surface area contributed by atoms with Gasteiger partial charge in [-0.05, 0) is 25.5 Å². The maximum absolute atomic E-state index is 12.2. The highest BCUT2D eigenvalue weighted by molar-refractivity contribution is 5.89. The fourth-order valence-electron chi connectivity index (χ4n) is 2.48. The fraction of sp³-hybridized carbons (Fsp3) is 0.333. The molecule has 0 saturated heterocycles. The molecule has 0 atom stereocenters. The predicted octanol–water partition coefficient (Wildman–Crippen LogP) is 1.45. The van der Waals surface area contributed by atoms with Gasteiger partial charge in [0, 0.05) is 32.1 Å². The van der Waals surface area contributed by atoms with Gasteiger partial charge in [0.15, 0.2) is 0 Å². The number of hydrogen-bond acceptors (Lipinski definition) is 4. The second-order valence-corrected chi connectivity index (χ2v) is 5.28. The zero-order valence-electron chi connectivity index (χ0n) is 13.4. The Morgan fingerprint density at radius 2 is 2.04 bits per heavy atom. The SMILES string of the molecule is CCn1nccc1NC(=O)Cn1cc(C)c(-c2ccnn2C)n1.